The first-order valence-electron chi connectivity index (χ1n) is 5.26. The van der Waals surface area contributed by atoms with Gasteiger partial charge in [0, 0.05) is 22.7 Å². The Morgan fingerprint density at radius 3 is 2.05 bits per heavy atom. The van der Waals surface area contributed by atoms with Crippen molar-refractivity contribution >= 4 is 11.4 Å². The molecule has 0 amide bonds. The smallest absolute Gasteiger partial charge is 0.269 e. The molecule has 0 spiro atoms. The Kier molecular flexibility index (Phi) is 3.61. The molecular formula is C12H8N4O3. The summed E-state index contributed by atoms with van der Waals surface area (Å²) in [6.45, 7) is 0. The lowest BCUT2D eigenvalue weighted by atomic mass is 10.3. The first kappa shape index (κ1) is 12.4. The SMILES string of the molecule is [N-]=[N+]=Nc1ccc(Oc2ccc([N+](=O)[O-])cc2)cc1. The molecule has 0 saturated carbocycles. The predicted molar refractivity (Wildman–Crippen MR) is 68.4 cm³/mol. The highest BCUT2D eigenvalue weighted by molar-refractivity contribution is 5.43. The molecule has 0 fully saturated rings. The molecule has 0 aromatic heterocycles. The topological polar surface area (TPSA) is 101 Å². The molecule has 0 radical (unpaired) electrons. The molecule has 0 unspecified atom stereocenters. The lowest BCUT2D eigenvalue weighted by Crippen LogP contribution is -1.88. The summed E-state index contributed by atoms with van der Waals surface area (Å²) in [6, 6.07) is 12.3. The van der Waals surface area contributed by atoms with Crippen molar-refractivity contribution in [1.82, 2.24) is 0 Å². The highest BCUT2D eigenvalue weighted by Crippen LogP contribution is 2.25. The average Bonchev–Trinajstić information content (AvgIpc) is 2.42. The van der Waals surface area contributed by atoms with Gasteiger partial charge in [0.1, 0.15) is 11.5 Å². The second-order valence-corrected chi connectivity index (χ2v) is 3.54. The van der Waals surface area contributed by atoms with E-state index in [9.17, 15) is 10.1 Å². The number of benzene rings is 2. The Morgan fingerprint density at radius 2 is 1.58 bits per heavy atom. The molecule has 7 nitrogen and oxygen atoms in total. The van der Waals surface area contributed by atoms with Crippen LogP contribution < -0.4 is 4.74 Å². The van der Waals surface area contributed by atoms with E-state index in [2.05, 4.69) is 10.0 Å². The molecule has 0 aliphatic heterocycles. The zero-order valence-electron chi connectivity index (χ0n) is 9.63. The van der Waals surface area contributed by atoms with Crippen molar-refractivity contribution in [3.63, 3.8) is 0 Å². The van der Waals surface area contributed by atoms with Crippen LogP contribution in [-0.2, 0) is 0 Å². The van der Waals surface area contributed by atoms with Gasteiger partial charge in [0.25, 0.3) is 5.69 Å². The number of non-ortho nitro benzene ring substituents is 1. The first-order chi connectivity index (χ1) is 9.19. The van der Waals surface area contributed by atoms with E-state index in [0.29, 0.717) is 17.2 Å². The van der Waals surface area contributed by atoms with E-state index in [1.165, 1.54) is 24.3 Å². The van der Waals surface area contributed by atoms with Gasteiger partial charge in [0.15, 0.2) is 0 Å². The van der Waals surface area contributed by atoms with E-state index in [4.69, 9.17) is 10.3 Å². The summed E-state index contributed by atoms with van der Waals surface area (Å²) in [5.74, 6) is 1.04. The Morgan fingerprint density at radius 1 is 1.05 bits per heavy atom. The molecule has 0 bridgehead atoms. The van der Waals surface area contributed by atoms with Gasteiger partial charge in [-0.05, 0) is 41.9 Å². The zero-order valence-corrected chi connectivity index (χ0v) is 9.63. The van der Waals surface area contributed by atoms with Gasteiger partial charge in [-0.3, -0.25) is 10.1 Å². The van der Waals surface area contributed by atoms with Crippen LogP contribution in [0.5, 0.6) is 11.5 Å². The van der Waals surface area contributed by atoms with Gasteiger partial charge in [-0.25, -0.2) is 0 Å². The second-order valence-electron chi connectivity index (χ2n) is 3.54. The number of hydrogen-bond acceptors (Lipinski definition) is 4. The van der Waals surface area contributed by atoms with E-state index in [1.807, 2.05) is 0 Å². The van der Waals surface area contributed by atoms with E-state index in [0.717, 1.165) is 0 Å². The maximum atomic E-state index is 10.5. The minimum absolute atomic E-state index is 0.00561. The van der Waals surface area contributed by atoms with Gasteiger partial charge in [-0.15, -0.1) is 0 Å². The van der Waals surface area contributed by atoms with Crippen LogP contribution >= 0.6 is 0 Å². The summed E-state index contributed by atoms with van der Waals surface area (Å²) in [4.78, 5) is 12.7. The van der Waals surface area contributed by atoms with Crippen molar-refractivity contribution in [3.8, 4) is 11.5 Å². The highest BCUT2D eigenvalue weighted by Gasteiger charge is 2.04. The third kappa shape index (κ3) is 3.21. The summed E-state index contributed by atoms with van der Waals surface area (Å²) in [7, 11) is 0. The number of azide groups is 1. The van der Waals surface area contributed by atoms with Crippen LogP contribution in [0, 0.1) is 10.1 Å². The molecule has 0 aliphatic rings. The summed E-state index contributed by atoms with van der Waals surface area (Å²) in [6.07, 6.45) is 0. The molecule has 0 heterocycles. The Labute approximate surface area is 107 Å². The average molecular weight is 256 g/mol. The number of rotatable bonds is 4. The first-order valence-corrected chi connectivity index (χ1v) is 5.26. The van der Waals surface area contributed by atoms with Crippen LogP contribution in [0.4, 0.5) is 11.4 Å². The Hall–Kier alpha value is -3.05. The van der Waals surface area contributed by atoms with Gasteiger partial charge in [-0.2, -0.15) is 0 Å². The summed E-state index contributed by atoms with van der Waals surface area (Å²) in [5, 5.41) is 13.9. The van der Waals surface area contributed by atoms with E-state index >= 15 is 0 Å². The standard InChI is InChI=1S/C12H8N4O3/c13-15-14-9-1-5-11(6-2-9)19-12-7-3-10(4-8-12)16(17)18/h1-8H. The van der Waals surface area contributed by atoms with Crippen LogP contribution in [0.1, 0.15) is 0 Å². The summed E-state index contributed by atoms with van der Waals surface area (Å²) < 4.78 is 5.49. The van der Waals surface area contributed by atoms with Gasteiger partial charge in [0.2, 0.25) is 0 Å². The van der Waals surface area contributed by atoms with Gasteiger partial charge in [-0.1, -0.05) is 5.11 Å². The van der Waals surface area contributed by atoms with Crippen molar-refractivity contribution in [2.75, 3.05) is 0 Å². The van der Waals surface area contributed by atoms with Crippen molar-refractivity contribution in [1.29, 1.82) is 0 Å². The largest absolute Gasteiger partial charge is 0.457 e. The summed E-state index contributed by atoms with van der Waals surface area (Å²) >= 11 is 0. The van der Waals surface area contributed by atoms with Crippen molar-refractivity contribution in [2.24, 2.45) is 5.11 Å². The van der Waals surface area contributed by atoms with Gasteiger partial charge < -0.3 is 4.74 Å². The molecule has 2 rings (SSSR count). The molecule has 2 aromatic carbocycles. The number of hydrogen-bond donors (Lipinski definition) is 0. The monoisotopic (exact) mass is 256 g/mol. The molecule has 0 aliphatic carbocycles. The third-order valence-corrected chi connectivity index (χ3v) is 2.28. The van der Waals surface area contributed by atoms with Crippen molar-refractivity contribution in [2.45, 2.75) is 0 Å². The molecule has 0 N–H and O–H groups in total. The van der Waals surface area contributed by atoms with Crippen LogP contribution in [0.25, 0.3) is 10.4 Å². The molecule has 0 atom stereocenters. The molecule has 2 aromatic rings. The molecular weight excluding hydrogens is 248 g/mol. The number of nitrogens with zero attached hydrogens (tertiary/aromatic N) is 4. The Balaban J connectivity index is 2.12. The molecule has 19 heavy (non-hydrogen) atoms. The fraction of sp³-hybridized carbons (Fsp3) is 0. The van der Waals surface area contributed by atoms with Gasteiger partial charge in [0.05, 0.1) is 4.92 Å². The van der Waals surface area contributed by atoms with Crippen LogP contribution in [-0.4, -0.2) is 4.92 Å². The van der Waals surface area contributed by atoms with Crippen LogP contribution in [0.15, 0.2) is 53.6 Å². The lowest BCUT2D eigenvalue weighted by molar-refractivity contribution is -0.384. The van der Waals surface area contributed by atoms with Gasteiger partial charge >= 0.3 is 0 Å². The molecule has 0 saturated heterocycles. The zero-order chi connectivity index (χ0) is 13.7. The maximum absolute atomic E-state index is 10.5. The molecule has 94 valence electrons. The Bertz CT molecular complexity index is 588. The summed E-state index contributed by atoms with van der Waals surface area (Å²) in [5.41, 5.74) is 8.76. The fourth-order valence-corrected chi connectivity index (χ4v) is 1.40. The molecule has 7 heteroatoms. The quantitative estimate of drug-likeness (QED) is 0.267. The van der Waals surface area contributed by atoms with Crippen LogP contribution in [0.2, 0.25) is 0 Å². The number of nitro benzene ring substituents is 1. The fourth-order valence-electron chi connectivity index (χ4n) is 1.40. The third-order valence-electron chi connectivity index (χ3n) is 2.28. The predicted octanol–water partition coefficient (Wildman–Crippen LogP) is 4.33. The van der Waals surface area contributed by atoms with E-state index < -0.39 is 4.92 Å². The van der Waals surface area contributed by atoms with E-state index in [-0.39, 0.29) is 5.69 Å². The number of nitro groups is 1. The number of ether oxygens (including phenoxy) is 1. The second kappa shape index (κ2) is 5.52. The van der Waals surface area contributed by atoms with Crippen molar-refractivity contribution < 1.29 is 9.66 Å². The lowest BCUT2D eigenvalue weighted by Gasteiger charge is -2.05. The minimum atomic E-state index is -0.474. The highest BCUT2D eigenvalue weighted by atomic mass is 16.6. The van der Waals surface area contributed by atoms with E-state index in [1.54, 1.807) is 24.3 Å². The van der Waals surface area contributed by atoms with Crippen molar-refractivity contribution in [3.05, 3.63) is 69.1 Å². The maximum Gasteiger partial charge on any atom is 0.269 e. The van der Waals surface area contributed by atoms with Crippen LogP contribution in [0.3, 0.4) is 0 Å². The minimum Gasteiger partial charge on any atom is -0.457 e. The normalized spacial score (nSPS) is 9.47.